The maximum atomic E-state index is 14.1. The van der Waals surface area contributed by atoms with Crippen LogP contribution in [-0.4, -0.2) is 103 Å². The summed E-state index contributed by atoms with van der Waals surface area (Å²) in [5, 5.41) is 106. The standard InChI is InChI=1S/2C35H34N2O8/c1-13-8-17-24-27-22(15(11-39)9-18(42)25(27)32-31(17)37-35(3,4)20(36-32)6-7-38)23-16(12-40)10-19(43)26-28(23)29(24)30(21(13)14(2)41)34(45-5)33(26)44;1-13-8-17-24-27-22(15(11-39)9-18(42)25(27)32-31(17)36-20(6-7-38)35(3,4)37-32)23-16(12-40)10-19(43)26-28(23)29(24)30(21(13)14(2)41)34(45-5)33(26)44/h2*8-10,20-21,36-40,44H,6-7,11-12H2,1-5H3. The van der Waals surface area contributed by atoms with Gasteiger partial charge in [-0.25, -0.2) is 0 Å². The van der Waals surface area contributed by atoms with Crippen LogP contribution in [0.1, 0.15) is 125 Å². The Balaban J connectivity index is 0.000000165. The van der Waals surface area contributed by atoms with E-state index in [2.05, 4.69) is 21.3 Å². The van der Waals surface area contributed by atoms with Crippen molar-refractivity contribution in [3.8, 4) is 23.0 Å². The zero-order chi connectivity index (χ0) is 64.5. The summed E-state index contributed by atoms with van der Waals surface area (Å²) in [5.41, 5.74) is 3.85. The molecule has 10 aromatic rings. The number of aliphatic hydroxyl groups excluding tert-OH is 6. The topological polar surface area (TPSA) is 331 Å². The van der Waals surface area contributed by atoms with Crippen molar-refractivity contribution >= 4 is 133 Å². The van der Waals surface area contributed by atoms with Gasteiger partial charge < -0.3 is 71.6 Å². The number of hydrogen-bond donors (Lipinski definition) is 12. The molecule has 0 fully saturated rings. The van der Waals surface area contributed by atoms with E-state index in [0.29, 0.717) is 156 Å². The normalized spacial score (nSPS) is 18.7. The Morgan fingerprint density at radius 1 is 0.444 bits per heavy atom. The summed E-state index contributed by atoms with van der Waals surface area (Å²) in [7, 11) is 2.74. The van der Waals surface area contributed by atoms with Gasteiger partial charge in [-0.15, -0.1) is 0 Å². The SMILES string of the molecule is COc1c(O)c2c(=O)cc(CO)c3c4c(CO)cc(=O)c5c6c(c7c(c(c1C(C(C)=O)C(C)=C7)c23)c54)NC(C)(C)C(CCO)N6.COc1c(O)c2c(=O)cc(CO)c3c4c(CO)cc(=O)c5c6c(c7c(c(c1C(C(C)=O)C(C)=C7)c23)c54)NC(CCO)C(C)(C)N6. The van der Waals surface area contributed by atoms with Crippen molar-refractivity contribution in [2.24, 2.45) is 0 Å². The van der Waals surface area contributed by atoms with Crippen LogP contribution >= 0.6 is 0 Å². The van der Waals surface area contributed by atoms with Gasteiger partial charge in [0.05, 0.1) is 120 Å². The molecule has 20 heteroatoms. The minimum absolute atomic E-state index is 0.0116. The number of carbonyl (C=O) groups excluding carboxylic acids is 2. The number of anilines is 4. The van der Waals surface area contributed by atoms with Gasteiger partial charge in [-0.1, -0.05) is 23.3 Å². The van der Waals surface area contributed by atoms with Crippen LogP contribution in [0.2, 0.25) is 0 Å². The van der Waals surface area contributed by atoms with E-state index in [4.69, 9.17) is 9.47 Å². The first kappa shape index (κ1) is 59.9. The summed E-state index contributed by atoms with van der Waals surface area (Å²) < 4.78 is 11.5. The number of aromatic hydroxyl groups is 2. The Morgan fingerprint density at radius 3 is 1.11 bits per heavy atom. The molecule has 4 unspecified atom stereocenters. The molecule has 0 saturated carbocycles. The maximum Gasteiger partial charge on any atom is 0.190 e. The van der Waals surface area contributed by atoms with Gasteiger partial charge in [0.25, 0.3) is 0 Å². The fourth-order valence-electron chi connectivity index (χ4n) is 16.1. The predicted molar refractivity (Wildman–Crippen MR) is 351 cm³/mol. The summed E-state index contributed by atoms with van der Waals surface area (Å²) in [6, 6.07) is 4.75. The molecule has 90 heavy (non-hydrogen) atoms. The molecule has 2 heterocycles. The van der Waals surface area contributed by atoms with Crippen molar-refractivity contribution in [3.63, 3.8) is 0 Å². The number of ketones is 2. The van der Waals surface area contributed by atoms with Gasteiger partial charge in [-0.3, -0.25) is 28.8 Å². The molecule has 12 N–H and O–H groups in total. The number of phenolic OH excluding ortho intramolecular Hbond substituents is 2. The quantitative estimate of drug-likeness (QED) is 0.0406. The van der Waals surface area contributed by atoms with Crippen molar-refractivity contribution in [1.29, 1.82) is 0 Å². The number of hydrogen-bond acceptors (Lipinski definition) is 20. The van der Waals surface area contributed by atoms with Crippen LogP contribution in [0.3, 0.4) is 0 Å². The molecular formula is C70H68N4O16. The first-order valence-electron chi connectivity index (χ1n) is 29.9. The van der Waals surface area contributed by atoms with E-state index in [1.165, 1.54) is 52.3 Å². The first-order chi connectivity index (χ1) is 42.8. The summed E-state index contributed by atoms with van der Waals surface area (Å²) in [5.74, 6) is -3.04. The lowest BCUT2D eigenvalue weighted by molar-refractivity contribution is -0.118. The Labute approximate surface area is 512 Å². The van der Waals surface area contributed by atoms with Gasteiger partial charge in [-0.2, -0.15) is 0 Å². The molecule has 0 saturated heterocycles. The van der Waals surface area contributed by atoms with E-state index in [1.54, 1.807) is 0 Å². The van der Waals surface area contributed by atoms with Crippen LogP contribution in [0.5, 0.6) is 23.0 Å². The molecule has 4 atom stereocenters. The Hall–Kier alpha value is -9.02. The van der Waals surface area contributed by atoms with E-state index in [9.17, 15) is 69.6 Å². The third-order valence-corrected chi connectivity index (χ3v) is 19.7. The van der Waals surface area contributed by atoms with Crippen molar-refractivity contribution in [2.75, 3.05) is 48.7 Å². The number of rotatable bonds is 12. The fourth-order valence-corrected chi connectivity index (χ4v) is 16.1. The highest BCUT2D eigenvalue weighted by molar-refractivity contribution is 6.42. The van der Waals surface area contributed by atoms with Gasteiger partial charge >= 0.3 is 0 Å². The summed E-state index contributed by atoms with van der Waals surface area (Å²) >= 11 is 0. The van der Waals surface area contributed by atoms with Crippen LogP contribution in [0.4, 0.5) is 22.7 Å². The van der Waals surface area contributed by atoms with Crippen LogP contribution in [0, 0.1) is 0 Å². The van der Waals surface area contributed by atoms with Crippen molar-refractivity contribution < 1.29 is 59.9 Å². The van der Waals surface area contributed by atoms with Crippen LogP contribution in [-0.2, 0) is 36.0 Å². The third-order valence-electron chi connectivity index (χ3n) is 19.7. The van der Waals surface area contributed by atoms with E-state index >= 15 is 0 Å². The number of fused-ring (bicyclic) bond motifs is 8. The van der Waals surface area contributed by atoms with E-state index in [-0.39, 0.29) is 81.1 Å². The van der Waals surface area contributed by atoms with Crippen LogP contribution < -0.4 is 52.5 Å². The smallest absolute Gasteiger partial charge is 0.190 e. The molecule has 0 aromatic heterocycles. The molecule has 20 nitrogen and oxygen atoms in total. The molecule has 2 aliphatic carbocycles. The maximum absolute atomic E-state index is 14.1. The molecule has 10 aromatic carbocycles. The number of Topliss-reactive ketones (excluding diaryl/α,β-unsaturated/α-hetero) is 2. The Kier molecular flexibility index (Phi) is 13.8. The number of nitrogens with one attached hydrogen (secondary N) is 4. The summed E-state index contributed by atoms with van der Waals surface area (Å²) in [4.78, 5) is 82.6. The van der Waals surface area contributed by atoms with Gasteiger partial charge in [0.1, 0.15) is 11.6 Å². The van der Waals surface area contributed by atoms with Gasteiger partial charge in [-0.05, 0) is 147 Å². The van der Waals surface area contributed by atoms with Crippen molar-refractivity contribution in [1.82, 2.24) is 0 Å². The number of ether oxygens (including phenoxy) is 2. The van der Waals surface area contributed by atoms with E-state index < -0.39 is 71.7 Å². The molecule has 464 valence electrons. The average molecular weight is 1220 g/mol. The number of phenols is 2. The number of methoxy groups -OCH3 is 2. The Bertz CT molecular complexity index is 5190. The highest BCUT2D eigenvalue weighted by Crippen LogP contribution is 2.60. The van der Waals surface area contributed by atoms with Crippen molar-refractivity contribution in [3.05, 3.63) is 121 Å². The molecule has 0 amide bonds. The molecule has 0 spiro atoms. The second-order valence-electron chi connectivity index (χ2n) is 25.7. The Morgan fingerprint density at radius 2 is 0.767 bits per heavy atom. The minimum atomic E-state index is -0.875. The zero-order valence-corrected chi connectivity index (χ0v) is 51.3. The molecular weight excluding hydrogens is 1150 g/mol. The highest BCUT2D eigenvalue weighted by atomic mass is 16.5. The van der Waals surface area contributed by atoms with Gasteiger partial charge in [0, 0.05) is 67.8 Å². The molecule has 0 radical (unpaired) electrons. The predicted octanol–water partition coefficient (Wildman–Crippen LogP) is 8.10. The lowest BCUT2D eigenvalue weighted by atomic mass is 9.78. The lowest BCUT2D eigenvalue weighted by Crippen LogP contribution is -2.52. The number of allylic oxidation sites excluding steroid dienone is 2. The fraction of sp³-hybridized carbons (Fsp3) is 0.343. The summed E-state index contributed by atoms with van der Waals surface area (Å²) in [6.07, 6.45) is 4.61. The van der Waals surface area contributed by atoms with Gasteiger partial charge in [0.15, 0.2) is 44.7 Å². The number of aliphatic hydroxyl groups is 6. The average Bonchev–Trinajstić information content (AvgIpc) is 1.10. The molecule has 14 rings (SSSR count). The largest absolute Gasteiger partial charge is 0.504 e. The molecule has 0 bridgehead atoms. The highest BCUT2D eigenvalue weighted by Gasteiger charge is 2.44. The monoisotopic (exact) mass is 1220 g/mol. The first-order valence-corrected chi connectivity index (χ1v) is 29.9. The number of benzene rings is 10. The second kappa shape index (κ2) is 20.8. The van der Waals surface area contributed by atoms with E-state index in [0.717, 1.165) is 0 Å². The van der Waals surface area contributed by atoms with Crippen LogP contribution in [0.15, 0.2) is 54.6 Å². The summed E-state index contributed by atoms with van der Waals surface area (Å²) in [6.45, 7) is 12.3. The van der Waals surface area contributed by atoms with E-state index in [1.807, 2.05) is 53.7 Å². The van der Waals surface area contributed by atoms with Crippen LogP contribution in [0.25, 0.3) is 98.3 Å². The minimum Gasteiger partial charge on any atom is -0.504 e. The zero-order valence-electron chi connectivity index (χ0n) is 51.3. The second-order valence-corrected chi connectivity index (χ2v) is 25.7. The van der Waals surface area contributed by atoms with Gasteiger partial charge in [0.2, 0.25) is 0 Å². The third kappa shape index (κ3) is 7.87. The molecule has 2 aliphatic heterocycles. The number of carbonyl (C=O) groups is 2. The lowest BCUT2D eigenvalue weighted by Gasteiger charge is -2.43. The van der Waals surface area contributed by atoms with Crippen molar-refractivity contribution in [2.45, 2.75) is 130 Å². The molecule has 4 aliphatic rings.